The zero-order valence-electron chi connectivity index (χ0n) is 21.7. The maximum Gasteiger partial charge on any atom is 0.282 e. The molecule has 1 aromatic heterocycles. The van der Waals surface area contributed by atoms with Gasteiger partial charge in [0.15, 0.2) is 0 Å². The lowest BCUT2D eigenvalue weighted by atomic mass is 9.81. The summed E-state index contributed by atoms with van der Waals surface area (Å²) in [6, 6.07) is 3.09. The molecule has 6 N–H and O–H groups in total. The monoisotopic (exact) mass is 553 g/mol. The van der Waals surface area contributed by atoms with Crippen LogP contribution in [0.15, 0.2) is 18.3 Å². The van der Waals surface area contributed by atoms with E-state index in [2.05, 4.69) is 10.4 Å². The fraction of sp³-hybridized carbons (Fsp3) is 0.615. The second-order valence-electron chi connectivity index (χ2n) is 11.1. The lowest BCUT2D eigenvalue weighted by molar-refractivity contribution is -0.277. The van der Waals surface area contributed by atoms with Crippen LogP contribution in [-0.4, -0.2) is 84.1 Å². The number of ether oxygens (including phenoxy) is 2. The van der Waals surface area contributed by atoms with Crippen LogP contribution in [0.1, 0.15) is 72.1 Å². The summed E-state index contributed by atoms with van der Waals surface area (Å²) in [4.78, 5) is 13.1. The Balaban J connectivity index is 1.52. The molecule has 2 fully saturated rings. The number of aliphatic hydroxyl groups excluding tert-OH is 4. The highest BCUT2D eigenvalue weighted by Crippen LogP contribution is 2.64. The first kappa shape index (κ1) is 27.9. The van der Waals surface area contributed by atoms with Crippen molar-refractivity contribution in [1.82, 2.24) is 9.78 Å². The van der Waals surface area contributed by atoms with Crippen molar-refractivity contribution in [2.75, 3.05) is 11.9 Å². The number of rotatable bonds is 7. The summed E-state index contributed by atoms with van der Waals surface area (Å²) < 4.78 is 39.7. The molecule has 2 heterocycles. The predicted octanol–water partition coefficient (Wildman–Crippen LogP) is 1.15. The Kier molecular flexibility index (Phi) is 7.19. The largest absolute Gasteiger partial charge is 0.462 e. The minimum absolute atomic E-state index is 0.179. The predicted molar refractivity (Wildman–Crippen MR) is 131 cm³/mol. The summed E-state index contributed by atoms with van der Waals surface area (Å²) in [5.74, 6) is -1.08. The average Bonchev–Trinajstić information content (AvgIpc) is 3.57. The van der Waals surface area contributed by atoms with Crippen molar-refractivity contribution in [3.63, 3.8) is 0 Å². The summed E-state index contributed by atoms with van der Waals surface area (Å²) >= 11 is 0. The van der Waals surface area contributed by atoms with Crippen molar-refractivity contribution in [1.29, 1.82) is 0 Å². The molecular weight excluding hydrogens is 520 g/mol. The highest BCUT2D eigenvalue weighted by molar-refractivity contribution is 6.05. The number of anilines is 1. The van der Waals surface area contributed by atoms with E-state index in [1.807, 2.05) is 0 Å². The Morgan fingerprint density at radius 1 is 1.18 bits per heavy atom. The van der Waals surface area contributed by atoms with Crippen LogP contribution >= 0.6 is 0 Å². The summed E-state index contributed by atoms with van der Waals surface area (Å²) in [6.07, 6.45) is -7.67. The number of nitrogens with one attached hydrogen (secondary N) is 1. The van der Waals surface area contributed by atoms with Gasteiger partial charge in [0.05, 0.1) is 17.8 Å². The zero-order chi connectivity index (χ0) is 28.4. The van der Waals surface area contributed by atoms with Crippen LogP contribution < -0.4 is 10.1 Å². The Morgan fingerprint density at radius 3 is 2.46 bits per heavy atom. The molecule has 39 heavy (non-hydrogen) atoms. The molecular formula is C26H33F2N3O8. The van der Waals surface area contributed by atoms with E-state index in [0.717, 1.165) is 4.68 Å². The molecule has 3 unspecified atom stereocenters. The highest BCUT2D eigenvalue weighted by atomic mass is 19.3. The van der Waals surface area contributed by atoms with Gasteiger partial charge >= 0.3 is 0 Å². The van der Waals surface area contributed by atoms with E-state index in [4.69, 9.17) is 9.47 Å². The molecule has 2 aromatic rings. The molecule has 1 saturated carbocycles. The molecule has 13 heteroatoms. The van der Waals surface area contributed by atoms with E-state index in [1.165, 1.54) is 19.3 Å². The second-order valence-corrected chi connectivity index (χ2v) is 11.1. The Hall–Kier alpha value is -2.68. The molecule has 1 saturated heterocycles. The van der Waals surface area contributed by atoms with Gasteiger partial charge in [-0.1, -0.05) is 0 Å². The van der Waals surface area contributed by atoms with Crippen molar-refractivity contribution in [2.24, 2.45) is 13.0 Å². The number of benzene rings is 1. The van der Waals surface area contributed by atoms with Crippen molar-refractivity contribution in [3.8, 4) is 5.75 Å². The van der Waals surface area contributed by atoms with Gasteiger partial charge in [0.1, 0.15) is 35.9 Å². The number of aliphatic hydroxyl groups is 5. The number of hydrogen-bond donors (Lipinski definition) is 6. The fourth-order valence-corrected chi connectivity index (χ4v) is 6.56. The molecule has 0 radical (unpaired) electrons. The lowest BCUT2D eigenvalue weighted by Crippen LogP contribution is -2.60. The van der Waals surface area contributed by atoms with Crippen LogP contribution in [0, 0.1) is 5.92 Å². The van der Waals surface area contributed by atoms with Crippen molar-refractivity contribution in [2.45, 2.75) is 81.3 Å². The topological polar surface area (TPSA) is 167 Å². The van der Waals surface area contributed by atoms with Crippen LogP contribution in [0.2, 0.25) is 0 Å². The molecule has 2 aliphatic carbocycles. The number of halogens is 2. The number of fused-ring (bicyclic) bond motifs is 5. The van der Waals surface area contributed by atoms with Crippen LogP contribution in [0.5, 0.6) is 5.75 Å². The highest BCUT2D eigenvalue weighted by Gasteiger charge is 2.54. The third-order valence-electron chi connectivity index (χ3n) is 8.11. The molecule has 1 amide bonds. The Bertz CT molecular complexity index is 1250. The smallest absolute Gasteiger partial charge is 0.282 e. The number of carbonyl (C=O) groups excluding carboxylic acids is 1. The molecule has 11 nitrogen and oxygen atoms in total. The minimum atomic E-state index is -2.94. The van der Waals surface area contributed by atoms with Gasteiger partial charge < -0.3 is 40.3 Å². The number of hydrogen-bond acceptors (Lipinski definition) is 9. The summed E-state index contributed by atoms with van der Waals surface area (Å²) in [6.45, 7) is 2.79. The lowest BCUT2D eigenvalue weighted by Gasteiger charge is -2.40. The quantitative estimate of drug-likeness (QED) is 0.295. The van der Waals surface area contributed by atoms with E-state index in [1.54, 1.807) is 19.9 Å². The Morgan fingerprint density at radius 2 is 1.85 bits per heavy atom. The number of aryl methyl sites for hydroxylation is 1. The van der Waals surface area contributed by atoms with Crippen molar-refractivity contribution < 1.29 is 48.6 Å². The first-order chi connectivity index (χ1) is 18.3. The fourth-order valence-electron chi connectivity index (χ4n) is 6.56. The van der Waals surface area contributed by atoms with E-state index in [0.29, 0.717) is 29.7 Å². The Labute approximate surface area is 223 Å². The number of carbonyl (C=O) groups is 1. The maximum absolute atomic E-state index is 13.5. The van der Waals surface area contributed by atoms with E-state index >= 15 is 0 Å². The third-order valence-corrected chi connectivity index (χ3v) is 8.11. The molecule has 8 atom stereocenters. The summed E-state index contributed by atoms with van der Waals surface area (Å²) in [5.41, 5.74) is -0.250. The van der Waals surface area contributed by atoms with Gasteiger partial charge in [-0.05, 0) is 56.2 Å². The van der Waals surface area contributed by atoms with Crippen LogP contribution in [0.25, 0.3) is 0 Å². The zero-order valence-corrected chi connectivity index (χ0v) is 21.7. The van der Waals surface area contributed by atoms with Gasteiger partial charge in [-0.25, -0.2) is 8.78 Å². The van der Waals surface area contributed by atoms with Crippen LogP contribution in [-0.2, 0) is 11.8 Å². The van der Waals surface area contributed by atoms with E-state index < -0.39 is 60.9 Å². The number of amides is 1. The standard InChI is InChI=1S/C26H33F2N3O8/c1-26(2,37)18-10-4-5-11(18)17-14(38-25-22(35)21(34)20(33)15(9-32)39-25)7-6-13(16(10)17)29-24(36)12-8-31(3)30-19(12)23(27)28/h6-8,10-11,15,18,20-23,25,32-35,37H,4-5,9H2,1-3H3,(H,29,36)/t10?,11?,15-,18?,20-,21+,22-,25-/m1/s1. The third kappa shape index (κ3) is 4.70. The van der Waals surface area contributed by atoms with Crippen molar-refractivity contribution >= 4 is 11.6 Å². The van der Waals surface area contributed by atoms with Gasteiger partial charge in [0.2, 0.25) is 6.29 Å². The number of alkyl halides is 2. The van der Waals surface area contributed by atoms with Crippen LogP contribution in [0.3, 0.4) is 0 Å². The van der Waals surface area contributed by atoms with Gasteiger partial charge in [0.25, 0.3) is 12.3 Å². The number of aromatic nitrogens is 2. The summed E-state index contributed by atoms with van der Waals surface area (Å²) in [7, 11) is 1.44. The molecule has 3 aliphatic rings. The number of nitrogens with zero attached hydrogens (tertiary/aromatic N) is 2. The molecule has 5 rings (SSSR count). The van der Waals surface area contributed by atoms with Crippen molar-refractivity contribution in [3.05, 3.63) is 40.7 Å². The summed E-state index contributed by atoms with van der Waals surface area (Å²) in [5, 5.41) is 57.8. The average molecular weight is 554 g/mol. The molecule has 0 spiro atoms. The van der Waals surface area contributed by atoms with E-state index in [-0.39, 0.29) is 29.1 Å². The van der Waals surface area contributed by atoms with Gasteiger partial charge in [-0.15, -0.1) is 0 Å². The van der Waals surface area contributed by atoms with E-state index in [9.17, 15) is 39.1 Å². The molecule has 1 aliphatic heterocycles. The maximum atomic E-state index is 13.5. The molecule has 214 valence electrons. The second kappa shape index (κ2) is 10.1. The normalized spacial score (nSPS) is 32.0. The van der Waals surface area contributed by atoms with Gasteiger partial charge in [-0.2, -0.15) is 5.10 Å². The molecule has 2 bridgehead atoms. The SMILES string of the molecule is Cn1cc(C(=O)Nc2ccc(O[C@@H]3O[C@H](CO)[C@@H](O)[C@H](O)[C@H]3O)c3c2C2CCC3C2C(C)(C)O)c(C(F)F)n1. The first-order valence-corrected chi connectivity index (χ1v) is 12.8. The minimum Gasteiger partial charge on any atom is -0.462 e. The molecule has 1 aromatic carbocycles. The van der Waals surface area contributed by atoms with Gasteiger partial charge in [-0.3, -0.25) is 9.48 Å². The first-order valence-electron chi connectivity index (χ1n) is 12.8. The van der Waals surface area contributed by atoms with Crippen LogP contribution in [0.4, 0.5) is 14.5 Å². The van der Waals surface area contributed by atoms with Gasteiger partial charge in [0, 0.05) is 30.4 Å².